The molecule has 1 heterocycles. The average Bonchev–Trinajstić information content (AvgIpc) is 2.59. The second-order valence-electron chi connectivity index (χ2n) is 6.16. The maximum atomic E-state index is 12.1. The third-order valence-corrected chi connectivity index (χ3v) is 3.61. The number of hydrogen-bond donors (Lipinski definition) is 2. The van der Waals surface area contributed by atoms with Gasteiger partial charge in [-0.15, -0.1) is 0 Å². The molecule has 7 nitrogen and oxygen atoms in total. The van der Waals surface area contributed by atoms with E-state index in [2.05, 4.69) is 39.6 Å². The van der Waals surface area contributed by atoms with Gasteiger partial charge in [0.15, 0.2) is 0 Å². The summed E-state index contributed by atoms with van der Waals surface area (Å²) in [7, 11) is 4.11. The molecule has 0 amide bonds. The summed E-state index contributed by atoms with van der Waals surface area (Å²) in [5.41, 5.74) is 1.13. The first-order valence-electron chi connectivity index (χ1n) is 8.77. The highest BCUT2D eigenvalue weighted by Crippen LogP contribution is 2.22. The number of esters is 1. The number of nitrogens with one attached hydrogen (secondary N) is 2. The molecule has 0 spiro atoms. The lowest BCUT2D eigenvalue weighted by molar-refractivity contribution is 0.0527. The molecule has 0 aliphatic carbocycles. The van der Waals surface area contributed by atoms with Crippen molar-refractivity contribution in [2.45, 2.75) is 20.3 Å². The Kier molecular flexibility index (Phi) is 7.35. The number of ether oxygens (including phenoxy) is 1. The van der Waals surface area contributed by atoms with E-state index in [1.165, 1.54) is 0 Å². The highest BCUT2D eigenvalue weighted by atomic mass is 16.5. The molecular weight excluding hydrogens is 330 g/mol. The number of aromatic nitrogens is 2. The minimum absolute atomic E-state index is 0.334. The van der Waals surface area contributed by atoms with Crippen LogP contribution in [0.25, 0.3) is 0 Å². The zero-order valence-corrected chi connectivity index (χ0v) is 15.9. The van der Waals surface area contributed by atoms with Crippen molar-refractivity contribution < 1.29 is 9.53 Å². The van der Waals surface area contributed by atoms with Gasteiger partial charge in [-0.2, -0.15) is 0 Å². The molecule has 2 rings (SSSR count). The highest BCUT2D eigenvalue weighted by Gasteiger charge is 2.13. The molecule has 0 saturated carbocycles. The fraction of sp³-hybridized carbons (Fsp3) is 0.421. The van der Waals surface area contributed by atoms with E-state index in [1.807, 2.05) is 25.1 Å². The molecule has 1 aromatic heterocycles. The van der Waals surface area contributed by atoms with Gasteiger partial charge in [0.05, 0.1) is 17.9 Å². The van der Waals surface area contributed by atoms with Crippen LogP contribution in [0.3, 0.4) is 0 Å². The van der Waals surface area contributed by atoms with E-state index in [-0.39, 0.29) is 5.97 Å². The maximum Gasteiger partial charge on any atom is 0.340 e. The summed E-state index contributed by atoms with van der Waals surface area (Å²) in [6.45, 7) is 5.80. The zero-order valence-electron chi connectivity index (χ0n) is 15.9. The van der Waals surface area contributed by atoms with Gasteiger partial charge in [-0.05, 0) is 53.0 Å². The van der Waals surface area contributed by atoms with Crippen LogP contribution < -0.4 is 10.6 Å². The lowest BCUT2D eigenvalue weighted by Crippen LogP contribution is -2.17. The Morgan fingerprint density at radius 2 is 1.92 bits per heavy atom. The fourth-order valence-corrected chi connectivity index (χ4v) is 2.45. The van der Waals surface area contributed by atoms with Gasteiger partial charge < -0.3 is 20.3 Å². The van der Waals surface area contributed by atoms with E-state index in [1.54, 1.807) is 19.1 Å². The van der Waals surface area contributed by atoms with Crippen molar-refractivity contribution in [2.75, 3.05) is 44.4 Å². The first kappa shape index (κ1) is 19.7. The smallest absolute Gasteiger partial charge is 0.340 e. The van der Waals surface area contributed by atoms with Gasteiger partial charge in [0.25, 0.3) is 0 Å². The van der Waals surface area contributed by atoms with Crippen LogP contribution in [0.15, 0.2) is 30.3 Å². The lowest BCUT2D eigenvalue weighted by atomic mass is 10.2. The van der Waals surface area contributed by atoms with Gasteiger partial charge >= 0.3 is 5.97 Å². The molecular formula is C19H27N5O2. The molecule has 0 fully saturated rings. The first-order valence-corrected chi connectivity index (χ1v) is 8.77. The Bertz CT molecular complexity index is 734. The number of aryl methyl sites for hydroxylation is 1. The van der Waals surface area contributed by atoms with Crippen LogP contribution in [0.4, 0.5) is 17.3 Å². The lowest BCUT2D eigenvalue weighted by Gasteiger charge is -2.13. The van der Waals surface area contributed by atoms with E-state index < -0.39 is 0 Å². The molecule has 0 radical (unpaired) electrons. The van der Waals surface area contributed by atoms with E-state index in [0.717, 1.165) is 25.3 Å². The molecule has 0 aliphatic rings. The quantitative estimate of drug-likeness (QED) is 0.527. The first-order chi connectivity index (χ1) is 12.5. The molecule has 0 saturated heterocycles. The molecule has 1 aromatic carbocycles. The number of carbonyl (C=O) groups excluding carboxylic acids is 1. The number of carbonyl (C=O) groups is 1. The van der Waals surface area contributed by atoms with Gasteiger partial charge in [-0.25, -0.2) is 14.8 Å². The monoisotopic (exact) mass is 357 g/mol. The average molecular weight is 357 g/mol. The van der Waals surface area contributed by atoms with E-state index in [0.29, 0.717) is 29.5 Å². The predicted molar refractivity (Wildman–Crippen MR) is 104 cm³/mol. The summed E-state index contributed by atoms with van der Waals surface area (Å²) < 4.78 is 5.11. The Labute approximate surface area is 154 Å². The second kappa shape index (κ2) is 9.72. The highest BCUT2D eigenvalue weighted by molar-refractivity contribution is 5.96. The number of hydrogen-bond acceptors (Lipinski definition) is 7. The Morgan fingerprint density at radius 3 is 2.65 bits per heavy atom. The number of anilines is 3. The van der Waals surface area contributed by atoms with E-state index in [4.69, 9.17) is 4.74 Å². The van der Waals surface area contributed by atoms with Crippen LogP contribution in [-0.4, -0.2) is 54.6 Å². The molecule has 0 atom stereocenters. The van der Waals surface area contributed by atoms with Crippen LogP contribution >= 0.6 is 0 Å². The molecule has 0 aliphatic heterocycles. The third kappa shape index (κ3) is 6.00. The van der Waals surface area contributed by atoms with Crippen molar-refractivity contribution in [3.8, 4) is 0 Å². The Morgan fingerprint density at radius 1 is 1.19 bits per heavy atom. The van der Waals surface area contributed by atoms with Crippen molar-refractivity contribution >= 4 is 23.3 Å². The Hall–Kier alpha value is -2.67. The molecule has 2 aromatic rings. The summed E-state index contributed by atoms with van der Waals surface area (Å²) >= 11 is 0. The van der Waals surface area contributed by atoms with E-state index in [9.17, 15) is 4.79 Å². The van der Waals surface area contributed by atoms with Gasteiger partial charge in [0, 0.05) is 12.6 Å². The number of para-hydroxylation sites is 1. The topological polar surface area (TPSA) is 79.4 Å². The van der Waals surface area contributed by atoms with Gasteiger partial charge in [0.2, 0.25) is 0 Å². The van der Waals surface area contributed by atoms with Crippen LogP contribution in [0.2, 0.25) is 0 Å². The maximum absolute atomic E-state index is 12.1. The number of rotatable bonds is 9. The Balaban J connectivity index is 2.11. The van der Waals surface area contributed by atoms with Crippen molar-refractivity contribution in [2.24, 2.45) is 0 Å². The minimum atomic E-state index is -0.358. The number of benzene rings is 1. The van der Waals surface area contributed by atoms with Crippen LogP contribution in [-0.2, 0) is 4.74 Å². The zero-order chi connectivity index (χ0) is 18.9. The fourth-order valence-electron chi connectivity index (χ4n) is 2.45. The normalized spacial score (nSPS) is 10.7. The minimum Gasteiger partial charge on any atom is -0.462 e. The van der Waals surface area contributed by atoms with Crippen molar-refractivity contribution in [1.29, 1.82) is 0 Å². The van der Waals surface area contributed by atoms with E-state index >= 15 is 0 Å². The summed E-state index contributed by atoms with van der Waals surface area (Å²) in [4.78, 5) is 23.1. The van der Waals surface area contributed by atoms with Crippen LogP contribution in [0.1, 0.15) is 29.5 Å². The van der Waals surface area contributed by atoms with Gasteiger partial charge in [-0.1, -0.05) is 12.1 Å². The third-order valence-electron chi connectivity index (χ3n) is 3.61. The second-order valence-corrected chi connectivity index (χ2v) is 6.16. The summed E-state index contributed by atoms with van der Waals surface area (Å²) in [5.74, 6) is 1.68. The molecule has 26 heavy (non-hydrogen) atoms. The summed E-state index contributed by atoms with van der Waals surface area (Å²) in [5, 5.41) is 6.52. The molecule has 7 heteroatoms. The van der Waals surface area contributed by atoms with Crippen molar-refractivity contribution in [1.82, 2.24) is 14.9 Å². The predicted octanol–water partition coefficient (Wildman–Crippen LogP) is 3.07. The molecule has 0 bridgehead atoms. The van der Waals surface area contributed by atoms with Crippen molar-refractivity contribution in [3.05, 3.63) is 41.7 Å². The SMILES string of the molecule is CCOC(=O)c1ccccc1Nc1cc(NCCCN(C)C)nc(C)n1. The summed E-state index contributed by atoms with van der Waals surface area (Å²) in [6.07, 6.45) is 1.02. The van der Waals surface area contributed by atoms with Crippen LogP contribution in [0.5, 0.6) is 0 Å². The number of nitrogens with zero attached hydrogens (tertiary/aromatic N) is 3. The molecule has 2 N–H and O–H groups in total. The standard InChI is InChI=1S/C19H27N5O2/c1-5-26-19(25)15-9-6-7-10-16(15)23-18-13-17(21-14(2)22-18)20-11-8-12-24(3)4/h6-7,9-10,13H,5,8,11-12H2,1-4H3,(H2,20,21,22,23). The summed E-state index contributed by atoms with van der Waals surface area (Å²) in [6, 6.07) is 9.06. The van der Waals surface area contributed by atoms with Crippen LogP contribution in [0, 0.1) is 6.92 Å². The largest absolute Gasteiger partial charge is 0.462 e. The molecule has 0 unspecified atom stereocenters. The van der Waals surface area contributed by atoms with Crippen molar-refractivity contribution in [3.63, 3.8) is 0 Å². The van der Waals surface area contributed by atoms with Gasteiger partial charge in [0.1, 0.15) is 17.5 Å². The molecule has 140 valence electrons. The van der Waals surface area contributed by atoms with Gasteiger partial charge in [-0.3, -0.25) is 0 Å².